The van der Waals surface area contributed by atoms with Crippen LogP contribution in [0.4, 0.5) is 0 Å². The number of hydrogen-bond donors (Lipinski definition) is 0. The molecule has 3 nitrogen and oxygen atoms in total. The third-order valence-electron chi connectivity index (χ3n) is 3.77. The zero-order valence-corrected chi connectivity index (χ0v) is 14.1. The van der Waals surface area contributed by atoms with Crippen molar-refractivity contribution in [3.8, 4) is 0 Å². The third kappa shape index (κ3) is 15.1. The molecule has 0 amide bonds. The maximum atomic E-state index is 11.7. The zero-order valence-electron chi connectivity index (χ0n) is 14.1. The second kappa shape index (κ2) is 16.1. The molecule has 0 N–H and O–H groups in total. The molecular weight excluding hydrogens is 276 g/mol. The number of aldehydes is 1. The molecular formula is C19H32O3. The van der Waals surface area contributed by atoms with E-state index in [0.29, 0.717) is 32.1 Å². The SMILES string of the molecule is C/C=C/CCCCC(=O)CCC(=O)CCCCCCCC=O. The molecule has 0 saturated carbocycles. The van der Waals surface area contributed by atoms with Crippen molar-refractivity contribution in [1.29, 1.82) is 0 Å². The lowest BCUT2D eigenvalue weighted by Crippen LogP contribution is -2.04. The molecule has 126 valence electrons. The zero-order chi connectivity index (χ0) is 16.5. The smallest absolute Gasteiger partial charge is 0.133 e. The Kier molecular flexibility index (Phi) is 15.2. The first kappa shape index (κ1) is 20.8. The van der Waals surface area contributed by atoms with Crippen LogP contribution in [0.5, 0.6) is 0 Å². The number of hydrogen-bond acceptors (Lipinski definition) is 3. The summed E-state index contributed by atoms with van der Waals surface area (Å²) in [5.74, 6) is 0.442. The molecule has 0 radical (unpaired) electrons. The number of rotatable bonds is 16. The fourth-order valence-corrected chi connectivity index (χ4v) is 2.36. The van der Waals surface area contributed by atoms with Crippen LogP contribution in [0, 0.1) is 0 Å². The van der Waals surface area contributed by atoms with Crippen molar-refractivity contribution < 1.29 is 14.4 Å². The maximum absolute atomic E-state index is 11.7. The fraction of sp³-hybridized carbons (Fsp3) is 0.737. The molecule has 3 heteroatoms. The molecule has 0 aliphatic carbocycles. The Labute approximate surface area is 135 Å². The van der Waals surface area contributed by atoms with Crippen molar-refractivity contribution in [2.75, 3.05) is 0 Å². The van der Waals surface area contributed by atoms with Crippen LogP contribution in [0.3, 0.4) is 0 Å². The summed E-state index contributed by atoms with van der Waals surface area (Å²) in [5, 5.41) is 0. The second-order valence-corrected chi connectivity index (χ2v) is 5.87. The van der Waals surface area contributed by atoms with E-state index in [4.69, 9.17) is 0 Å². The van der Waals surface area contributed by atoms with Gasteiger partial charge in [0.1, 0.15) is 17.9 Å². The summed E-state index contributed by atoms with van der Waals surface area (Å²) in [6.07, 6.45) is 15.9. The van der Waals surface area contributed by atoms with Crippen LogP contribution in [-0.4, -0.2) is 17.9 Å². The van der Waals surface area contributed by atoms with E-state index < -0.39 is 0 Å². The predicted molar refractivity (Wildman–Crippen MR) is 90.9 cm³/mol. The van der Waals surface area contributed by atoms with E-state index in [9.17, 15) is 14.4 Å². The highest BCUT2D eigenvalue weighted by Crippen LogP contribution is 2.10. The fourth-order valence-electron chi connectivity index (χ4n) is 2.36. The molecule has 0 saturated heterocycles. The molecule has 0 bridgehead atoms. The van der Waals surface area contributed by atoms with Crippen molar-refractivity contribution in [1.82, 2.24) is 0 Å². The van der Waals surface area contributed by atoms with Crippen molar-refractivity contribution >= 4 is 17.9 Å². The number of carbonyl (C=O) groups is 3. The first-order valence-corrected chi connectivity index (χ1v) is 8.79. The van der Waals surface area contributed by atoms with Crippen molar-refractivity contribution in [2.45, 2.75) is 90.4 Å². The molecule has 0 aromatic carbocycles. The Bertz CT molecular complexity index is 332. The van der Waals surface area contributed by atoms with Gasteiger partial charge in [-0.05, 0) is 39.0 Å². The minimum absolute atomic E-state index is 0.218. The molecule has 0 aliphatic heterocycles. The van der Waals surface area contributed by atoms with Crippen molar-refractivity contribution in [2.24, 2.45) is 0 Å². The summed E-state index contributed by atoms with van der Waals surface area (Å²) < 4.78 is 0. The van der Waals surface area contributed by atoms with Gasteiger partial charge in [0, 0.05) is 32.1 Å². The van der Waals surface area contributed by atoms with Gasteiger partial charge in [0.15, 0.2) is 0 Å². The molecule has 0 atom stereocenters. The molecule has 0 spiro atoms. The summed E-state index contributed by atoms with van der Waals surface area (Å²) in [6, 6.07) is 0. The first-order chi connectivity index (χ1) is 10.7. The van der Waals surface area contributed by atoms with Gasteiger partial charge >= 0.3 is 0 Å². The quantitative estimate of drug-likeness (QED) is 0.230. The van der Waals surface area contributed by atoms with E-state index in [1.807, 2.05) is 13.0 Å². The maximum Gasteiger partial charge on any atom is 0.133 e. The van der Waals surface area contributed by atoms with Gasteiger partial charge in [0.05, 0.1) is 0 Å². The predicted octanol–water partition coefficient (Wildman–Crippen LogP) is 4.97. The minimum atomic E-state index is 0.218. The number of carbonyl (C=O) groups excluding carboxylic acids is 3. The van der Waals surface area contributed by atoms with Crippen LogP contribution in [0.25, 0.3) is 0 Å². The van der Waals surface area contributed by atoms with E-state index in [1.165, 1.54) is 0 Å². The largest absolute Gasteiger partial charge is 0.303 e. The minimum Gasteiger partial charge on any atom is -0.303 e. The highest BCUT2D eigenvalue weighted by Gasteiger charge is 2.07. The third-order valence-corrected chi connectivity index (χ3v) is 3.77. The highest BCUT2D eigenvalue weighted by atomic mass is 16.1. The molecule has 0 fully saturated rings. The van der Waals surface area contributed by atoms with E-state index in [2.05, 4.69) is 6.08 Å². The Morgan fingerprint density at radius 2 is 1.18 bits per heavy atom. The number of unbranched alkanes of at least 4 members (excludes halogenated alkanes) is 7. The van der Waals surface area contributed by atoms with Gasteiger partial charge in [-0.1, -0.05) is 31.4 Å². The average molecular weight is 308 g/mol. The van der Waals surface area contributed by atoms with E-state index in [-0.39, 0.29) is 11.6 Å². The molecule has 22 heavy (non-hydrogen) atoms. The van der Waals surface area contributed by atoms with Gasteiger partial charge in [-0.15, -0.1) is 0 Å². The Hall–Kier alpha value is -1.25. The summed E-state index contributed by atoms with van der Waals surface area (Å²) in [5.41, 5.74) is 0. The molecule has 0 aromatic heterocycles. The van der Waals surface area contributed by atoms with Gasteiger partial charge in [-0.2, -0.15) is 0 Å². The molecule has 0 unspecified atom stereocenters. The van der Waals surface area contributed by atoms with Gasteiger partial charge < -0.3 is 4.79 Å². The summed E-state index contributed by atoms with van der Waals surface area (Å²) in [7, 11) is 0. The summed E-state index contributed by atoms with van der Waals surface area (Å²) in [6.45, 7) is 2.00. The molecule has 0 aliphatic rings. The van der Waals surface area contributed by atoms with Crippen molar-refractivity contribution in [3.05, 3.63) is 12.2 Å². The van der Waals surface area contributed by atoms with Gasteiger partial charge in [0.25, 0.3) is 0 Å². The Morgan fingerprint density at radius 1 is 0.682 bits per heavy atom. The van der Waals surface area contributed by atoms with Crippen LogP contribution in [0.2, 0.25) is 0 Å². The lowest BCUT2D eigenvalue weighted by Gasteiger charge is -2.02. The monoisotopic (exact) mass is 308 g/mol. The number of Topliss-reactive ketones (excluding diaryl/α,β-unsaturated/α-hetero) is 2. The molecule has 0 heterocycles. The average Bonchev–Trinajstić information content (AvgIpc) is 2.52. The van der Waals surface area contributed by atoms with Gasteiger partial charge in [-0.3, -0.25) is 9.59 Å². The Balaban J connectivity index is 3.40. The number of ketones is 2. The van der Waals surface area contributed by atoms with Crippen LogP contribution in [0.15, 0.2) is 12.2 Å². The second-order valence-electron chi connectivity index (χ2n) is 5.87. The van der Waals surface area contributed by atoms with Gasteiger partial charge in [-0.25, -0.2) is 0 Å². The van der Waals surface area contributed by atoms with Crippen molar-refractivity contribution in [3.63, 3.8) is 0 Å². The van der Waals surface area contributed by atoms with E-state index in [1.54, 1.807) is 0 Å². The number of allylic oxidation sites excluding steroid dienone is 2. The molecule has 0 rings (SSSR count). The molecule has 0 aromatic rings. The first-order valence-electron chi connectivity index (χ1n) is 8.79. The van der Waals surface area contributed by atoms with Crippen LogP contribution < -0.4 is 0 Å². The summed E-state index contributed by atoms with van der Waals surface area (Å²) >= 11 is 0. The lowest BCUT2D eigenvalue weighted by molar-refractivity contribution is -0.124. The highest BCUT2D eigenvalue weighted by molar-refractivity contribution is 5.85. The normalized spacial score (nSPS) is 11.0. The summed E-state index contributed by atoms with van der Waals surface area (Å²) in [4.78, 5) is 33.5. The topological polar surface area (TPSA) is 51.2 Å². The van der Waals surface area contributed by atoms with Crippen LogP contribution in [-0.2, 0) is 14.4 Å². The van der Waals surface area contributed by atoms with Crippen LogP contribution in [0.1, 0.15) is 90.4 Å². The van der Waals surface area contributed by atoms with E-state index in [0.717, 1.165) is 57.7 Å². The van der Waals surface area contributed by atoms with Gasteiger partial charge in [0.2, 0.25) is 0 Å². The van der Waals surface area contributed by atoms with Crippen LogP contribution >= 0.6 is 0 Å². The standard InChI is InChI=1S/C19H32O3/c1-2-3-4-7-10-13-18(21)15-16-19(22)14-11-8-5-6-9-12-17-20/h2-3,17H,4-16H2,1H3/b3-2+. The Morgan fingerprint density at radius 3 is 1.77 bits per heavy atom. The lowest BCUT2D eigenvalue weighted by atomic mass is 10.0. The van der Waals surface area contributed by atoms with E-state index >= 15 is 0 Å².